The van der Waals surface area contributed by atoms with Gasteiger partial charge in [0.1, 0.15) is 15.6 Å². The second-order valence-corrected chi connectivity index (χ2v) is 11.1. The number of nitrogens with one attached hydrogen (secondary N) is 1. The number of ketones is 2. The number of nitrogens with zero attached hydrogens (tertiary/aromatic N) is 1. The number of amides is 1. The summed E-state index contributed by atoms with van der Waals surface area (Å²) < 4.78 is 5.25. The maximum absolute atomic E-state index is 13.5. The molecular weight excluding hydrogens is 500 g/mol. The summed E-state index contributed by atoms with van der Waals surface area (Å²) in [5.74, 6) is -2.12. The Hall–Kier alpha value is -3.37. The van der Waals surface area contributed by atoms with Gasteiger partial charge >= 0.3 is 5.97 Å². The summed E-state index contributed by atoms with van der Waals surface area (Å²) in [4.78, 5) is 53.8. The third kappa shape index (κ3) is 4.83. The first-order chi connectivity index (χ1) is 17.0. The number of ether oxygens (including phenoxy) is 1. The molecule has 2 aliphatic rings. The van der Waals surface area contributed by atoms with E-state index >= 15 is 0 Å². The van der Waals surface area contributed by atoms with Gasteiger partial charge in [0.15, 0.2) is 11.6 Å². The van der Waals surface area contributed by atoms with Gasteiger partial charge in [0.25, 0.3) is 5.91 Å². The second-order valence-electron chi connectivity index (χ2n) is 9.23. The van der Waals surface area contributed by atoms with Gasteiger partial charge in [-0.25, -0.2) is 4.79 Å². The highest BCUT2D eigenvalue weighted by Crippen LogP contribution is 2.45. The molecule has 10 heteroatoms. The van der Waals surface area contributed by atoms with E-state index in [4.69, 9.17) is 4.74 Å². The van der Waals surface area contributed by atoms with Crippen molar-refractivity contribution < 1.29 is 29.0 Å². The van der Waals surface area contributed by atoms with Gasteiger partial charge in [-0.15, -0.1) is 11.3 Å². The molecule has 0 saturated heterocycles. The maximum atomic E-state index is 13.5. The van der Waals surface area contributed by atoms with Gasteiger partial charge in [-0.3, -0.25) is 19.3 Å². The van der Waals surface area contributed by atoms with Crippen molar-refractivity contribution in [2.45, 2.75) is 40.5 Å². The smallest absolute Gasteiger partial charge is 0.341 e. The molecule has 0 radical (unpaired) electrons. The normalized spacial score (nSPS) is 17.8. The van der Waals surface area contributed by atoms with Gasteiger partial charge in [0.2, 0.25) is 5.88 Å². The van der Waals surface area contributed by atoms with E-state index in [1.807, 2.05) is 19.9 Å². The molecule has 1 aliphatic heterocycles. The minimum atomic E-state index is -0.745. The first kappa shape index (κ1) is 25.7. The predicted molar refractivity (Wildman–Crippen MR) is 140 cm³/mol. The number of thiophene rings is 1. The SMILES string of the molecule is CCOC(=O)c1c(NC(=O)/C(C(C)=O)=C2/SC=C(O)N2c2ccccc2)sc2c1CC(C)(C)CC2=O. The Bertz CT molecular complexity index is 1320. The van der Waals surface area contributed by atoms with Crippen LogP contribution < -0.4 is 10.2 Å². The largest absolute Gasteiger partial charge is 0.494 e. The predicted octanol–water partition coefficient (Wildman–Crippen LogP) is 5.43. The fraction of sp³-hybridized carbons (Fsp3) is 0.308. The van der Waals surface area contributed by atoms with Crippen LogP contribution in [0.5, 0.6) is 0 Å². The second kappa shape index (κ2) is 9.94. The van der Waals surface area contributed by atoms with Crippen molar-refractivity contribution >= 4 is 57.2 Å². The van der Waals surface area contributed by atoms with Crippen LogP contribution in [0.1, 0.15) is 59.7 Å². The van der Waals surface area contributed by atoms with E-state index in [9.17, 15) is 24.3 Å². The van der Waals surface area contributed by atoms with Crippen LogP contribution in [0.15, 0.2) is 52.2 Å². The maximum Gasteiger partial charge on any atom is 0.341 e. The molecule has 188 valence electrons. The van der Waals surface area contributed by atoms with Gasteiger partial charge in [-0.05, 0) is 43.4 Å². The van der Waals surface area contributed by atoms with E-state index in [-0.39, 0.29) is 44.9 Å². The van der Waals surface area contributed by atoms with Gasteiger partial charge in [-0.2, -0.15) is 0 Å². The standard InChI is InChI=1S/C26H26N2O6S2/c1-5-34-25(33)20-16-11-26(3,4)12-17(30)21(16)36-23(20)27-22(32)19(14(2)29)24-28(18(31)13-35-24)15-9-7-6-8-10-15/h6-10,13,31H,5,11-12H2,1-4H3,(H,27,32)/b24-19+. The van der Waals surface area contributed by atoms with E-state index in [1.165, 1.54) is 17.2 Å². The van der Waals surface area contributed by atoms with E-state index in [0.717, 1.165) is 23.1 Å². The Morgan fingerprint density at radius 2 is 1.86 bits per heavy atom. The monoisotopic (exact) mass is 526 g/mol. The lowest BCUT2D eigenvalue weighted by atomic mass is 9.75. The zero-order chi connectivity index (χ0) is 26.2. The zero-order valence-electron chi connectivity index (χ0n) is 20.3. The molecule has 2 aromatic rings. The molecule has 0 saturated carbocycles. The molecule has 1 amide bonds. The Morgan fingerprint density at radius 3 is 2.50 bits per heavy atom. The van der Waals surface area contributed by atoms with Gasteiger partial charge in [-0.1, -0.05) is 43.8 Å². The Kier molecular flexibility index (Phi) is 7.10. The summed E-state index contributed by atoms with van der Waals surface area (Å²) in [7, 11) is 0. The highest BCUT2D eigenvalue weighted by Gasteiger charge is 2.39. The molecule has 0 atom stereocenters. The zero-order valence-corrected chi connectivity index (χ0v) is 22.0. The number of carbonyl (C=O) groups excluding carboxylic acids is 4. The lowest BCUT2D eigenvalue weighted by Gasteiger charge is -2.28. The van der Waals surface area contributed by atoms with Gasteiger partial charge < -0.3 is 15.2 Å². The van der Waals surface area contributed by atoms with Crippen LogP contribution >= 0.6 is 23.1 Å². The molecule has 1 aromatic heterocycles. The van der Waals surface area contributed by atoms with E-state index in [1.54, 1.807) is 31.2 Å². The number of fused-ring (bicyclic) bond motifs is 1. The number of esters is 1. The number of aliphatic hydroxyl groups excluding tert-OH is 1. The quantitative estimate of drug-likeness (QED) is 0.222. The molecule has 4 rings (SSSR count). The summed E-state index contributed by atoms with van der Waals surface area (Å²) in [5.41, 5.74) is 0.758. The summed E-state index contributed by atoms with van der Waals surface area (Å²) >= 11 is 2.07. The van der Waals surface area contributed by atoms with Crippen LogP contribution in [0.2, 0.25) is 0 Å². The minimum absolute atomic E-state index is 0.0989. The van der Waals surface area contributed by atoms with E-state index < -0.39 is 17.7 Å². The van der Waals surface area contributed by atoms with Crippen LogP contribution in [0.25, 0.3) is 0 Å². The van der Waals surface area contributed by atoms with Crippen LogP contribution in [-0.4, -0.2) is 35.2 Å². The highest BCUT2D eigenvalue weighted by atomic mass is 32.2. The highest BCUT2D eigenvalue weighted by molar-refractivity contribution is 8.06. The van der Waals surface area contributed by atoms with Crippen LogP contribution in [0.3, 0.4) is 0 Å². The third-order valence-electron chi connectivity index (χ3n) is 5.78. The fourth-order valence-corrected chi connectivity index (χ4v) is 6.43. The number of para-hydroxylation sites is 1. The minimum Gasteiger partial charge on any atom is -0.494 e. The van der Waals surface area contributed by atoms with Gasteiger partial charge in [0.05, 0.1) is 17.0 Å². The van der Waals surface area contributed by atoms with Crippen molar-refractivity contribution in [3.05, 3.63) is 68.2 Å². The number of thioether (sulfide) groups is 1. The van der Waals surface area contributed by atoms with Crippen molar-refractivity contribution in [3.63, 3.8) is 0 Å². The average molecular weight is 527 g/mol. The third-order valence-corrected chi connectivity index (χ3v) is 7.90. The molecule has 2 heterocycles. The lowest BCUT2D eigenvalue weighted by Crippen LogP contribution is -2.27. The summed E-state index contributed by atoms with van der Waals surface area (Å²) in [6, 6.07) is 8.85. The first-order valence-electron chi connectivity index (χ1n) is 11.4. The number of hydrogen-bond donors (Lipinski definition) is 2. The number of benzene rings is 1. The number of rotatable bonds is 6. The molecule has 8 nitrogen and oxygen atoms in total. The molecule has 0 spiro atoms. The molecule has 0 unspecified atom stereocenters. The average Bonchev–Trinajstić information content (AvgIpc) is 3.34. The van der Waals surface area contributed by atoms with Crippen molar-refractivity contribution in [2.75, 3.05) is 16.8 Å². The molecule has 1 aliphatic carbocycles. The number of carbonyl (C=O) groups is 4. The van der Waals surface area contributed by atoms with Crippen molar-refractivity contribution in [1.29, 1.82) is 0 Å². The van der Waals surface area contributed by atoms with E-state index in [2.05, 4.69) is 5.32 Å². The van der Waals surface area contributed by atoms with Crippen LogP contribution in [0, 0.1) is 5.41 Å². The molecule has 36 heavy (non-hydrogen) atoms. The molecule has 0 fully saturated rings. The number of hydrogen-bond acceptors (Lipinski definition) is 9. The fourth-order valence-electron chi connectivity index (χ4n) is 4.31. The lowest BCUT2D eigenvalue weighted by molar-refractivity contribution is -0.118. The summed E-state index contributed by atoms with van der Waals surface area (Å²) in [6.45, 7) is 6.97. The summed E-state index contributed by atoms with van der Waals surface area (Å²) in [5, 5.41) is 15.0. The first-order valence-corrected chi connectivity index (χ1v) is 13.1. The van der Waals surface area contributed by atoms with E-state index in [0.29, 0.717) is 29.0 Å². The van der Waals surface area contributed by atoms with Crippen molar-refractivity contribution in [3.8, 4) is 0 Å². The number of Topliss-reactive ketones (excluding diaryl/α,β-unsaturated/α-hetero) is 2. The molecule has 0 bridgehead atoms. The molecule has 2 N–H and O–H groups in total. The Labute approximate surface area is 217 Å². The van der Waals surface area contributed by atoms with Crippen molar-refractivity contribution in [1.82, 2.24) is 0 Å². The Balaban J connectivity index is 1.78. The Morgan fingerprint density at radius 1 is 1.17 bits per heavy atom. The van der Waals surface area contributed by atoms with Crippen LogP contribution in [0.4, 0.5) is 10.7 Å². The van der Waals surface area contributed by atoms with Crippen LogP contribution in [-0.2, 0) is 20.7 Å². The number of anilines is 2. The van der Waals surface area contributed by atoms with Crippen molar-refractivity contribution in [2.24, 2.45) is 5.41 Å². The molecule has 1 aromatic carbocycles. The van der Waals surface area contributed by atoms with Gasteiger partial charge in [0, 0.05) is 17.5 Å². The topological polar surface area (TPSA) is 113 Å². The number of aliphatic hydroxyl groups is 1. The summed E-state index contributed by atoms with van der Waals surface area (Å²) in [6.07, 6.45) is 0.803. The molecular formula is C26H26N2O6S2.